The maximum absolute atomic E-state index is 12.4. The minimum atomic E-state index is -3.52. The van der Waals surface area contributed by atoms with Crippen molar-refractivity contribution in [2.24, 2.45) is 0 Å². The lowest BCUT2D eigenvalue weighted by molar-refractivity contribution is 0.314. The Morgan fingerprint density at radius 3 is 2.57 bits per heavy atom. The number of hydrogen-bond acceptors (Lipinski definition) is 4. The third-order valence-corrected chi connectivity index (χ3v) is 5.73. The van der Waals surface area contributed by atoms with Crippen molar-refractivity contribution in [2.75, 3.05) is 27.2 Å². The second-order valence-electron chi connectivity index (χ2n) is 5.21. The van der Waals surface area contributed by atoms with Gasteiger partial charge in [0.1, 0.15) is 0 Å². The molecule has 0 aliphatic heterocycles. The monoisotopic (exact) mass is 377 g/mol. The Bertz CT molecular complexity index is 561. The van der Waals surface area contributed by atoms with Crippen LogP contribution in [0.2, 0.25) is 0 Å². The van der Waals surface area contributed by atoms with E-state index in [0.29, 0.717) is 17.6 Å². The standard InChI is InChI=1S/C14H24BrN3O2S/c1-5-16-10-12-6-7-13(15)14(8-12)21(19,20)17-9-11(2)18(3)4/h6-8,11,16-17H,5,9-10H2,1-4H3. The molecule has 0 bridgehead atoms. The van der Waals surface area contributed by atoms with Crippen molar-refractivity contribution in [3.05, 3.63) is 28.2 Å². The molecule has 120 valence electrons. The molecule has 1 atom stereocenters. The molecule has 0 fully saturated rings. The Balaban J connectivity index is 2.91. The van der Waals surface area contributed by atoms with Gasteiger partial charge in [0.2, 0.25) is 10.0 Å². The summed E-state index contributed by atoms with van der Waals surface area (Å²) in [4.78, 5) is 2.25. The van der Waals surface area contributed by atoms with E-state index in [1.54, 1.807) is 12.1 Å². The van der Waals surface area contributed by atoms with E-state index in [9.17, 15) is 8.42 Å². The fourth-order valence-corrected chi connectivity index (χ4v) is 3.76. The first-order valence-electron chi connectivity index (χ1n) is 6.93. The van der Waals surface area contributed by atoms with Crippen LogP contribution in [-0.2, 0) is 16.6 Å². The van der Waals surface area contributed by atoms with E-state index in [1.807, 2.05) is 38.9 Å². The molecule has 0 spiro atoms. The molecule has 5 nitrogen and oxygen atoms in total. The van der Waals surface area contributed by atoms with E-state index in [4.69, 9.17) is 0 Å². The molecular weight excluding hydrogens is 354 g/mol. The van der Waals surface area contributed by atoms with Crippen molar-refractivity contribution >= 4 is 26.0 Å². The average Bonchev–Trinajstić information content (AvgIpc) is 2.43. The van der Waals surface area contributed by atoms with Crippen LogP contribution in [0.4, 0.5) is 0 Å². The summed E-state index contributed by atoms with van der Waals surface area (Å²) in [5.41, 5.74) is 0.945. The van der Waals surface area contributed by atoms with E-state index < -0.39 is 10.0 Å². The Morgan fingerprint density at radius 1 is 1.33 bits per heavy atom. The number of likely N-dealkylation sites (N-methyl/N-ethyl adjacent to an activating group) is 1. The van der Waals surface area contributed by atoms with E-state index in [0.717, 1.165) is 12.1 Å². The molecule has 0 aliphatic rings. The summed E-state index contributed by atoms with van der Waals surface area (Å²) in [5.74, 6) is 0. The van der Waals surface area contributed by atoms with Gasteiger partial charge in [-0.15, -0.1) is 0 Å². The van der Waals surface area contributed by atoms with Gasteiger partial charge in [0, 0.05) is 23.6 Å². The molecule has 21 heavy (non-hydrogen) atoms. The smallest absolute Gasteiger partial charge is 0.241 e. The predicted molar refractivity (Wildman–Crippen MR) is 89.9 cm³/mol. The highest BCUT2D eigenvalue weighted by atomic mass is 79.9. The lowest BCUT2D eigenvalue weighted by Crippen LogP contribution is -2.38. The van der Waals surface area contributed by atoms with Gasteiger partial charge in [-0.2, -0.15) is 0 Å². The SMILES string of the molecule is CCNCc1ccc(Br)c(S(=O)(=O)NCC(C)N(C)C)c1. The molecule has 0 aliphatic carbocycles. The number of sulfonamides is 1. The van der Waals surface area contributed by atoms with Crippen molar-refractivity contribution in [3.8, 4) is 0 Å². The highest BCUT2D eigenvalue weighted by Gasteiger charge is 2.19. The van der Waals surface area contributed by atoms with Crippen LogP contribution in [0.15, 0.2) is 27.6 Å². The predicted octanol–water partition coefficient (Wildman–Crippen LogP) is 1.79. The van der Waals surface area contributed by atoms with Crippen LogP contribution in [-0.4, -0.2) is 46.5 Å². The molecule has 1 aromatic rings. The maximum Gasteiger partial charge on any atom is 0.241 e. The van der Waals surface area contributed by atoms with E-state index in [1.165, 1.54) is 0 Å². The number of nitrogens with zero attached hydrogens (tertiary/aromatic N) is 1. The highest BCUT2D eigenvalue weighted by Crippen LogP contribution is 2.23. The number of nitrogens with one attached hydrogen (secondary N) is 2. The first-order chi connectivity index (χ1) is 9.77. The van der Waals surface area contributed by atoms with Crippen LogP contribution in [0.5, 0.6) is 0 Å². The van der Waals surface area contributed by atoms with Crippen LogP contribution in [0.3, 0.4) is 0 Å². The summed E-state index contributed by atoms with van der Waals surface area (Å²) in [6, 6.07) is 5.52. The third kappa shape index (κ3) is 5.67. The van der Waals surface area contributed by atoms with Gasteiger partial charge in [0.15, 0.2) is 0 Å². The fraction of sp³-hybridized carbons (Fsp3) is 0.571. The molecule has 7 heteroatoms. The minimum Gasteiger partial charge on any atom is -0.313 e. The van der Waals surface area contributed by atoms with Gasteiger partial charge >= 0.3 is 0 Å². The Labute approximate surface area is 136 Å². The zero-order chi connectivity index (χ0) is 16.0. The van der Waals surface area contributed by atoms with Crippen molar-refractivity contribution in [1.29, 1.82) is 0 Å². The van der Waals surface area contributed by atoms with E-state index >= 15 is 0 Å². The first-order valence-corrected chi connectivity index (χ1v) is 9.20. The second-order valence-corrected chi connectivity index (χ2v) is 7.80. The van der Waals surface area contributed by atoms with Crippen LogP contribution in [0.1, 0.15) is 19.4 Å². The molecular formula is C14H24BrN3O2S. The summed E-state index contributed by atoms with van der Waals surface area (Å²) < 4.78 is 28.1. The van der Waals surface area contributed by atoms with Gasteiger partial charge in [0.25, 0.3) is 0 Å². The summed E-state index contributed by atoms with van der Waals surface area (Å²) in [6.45, 7) is 5.86. The lowest BCUT2D eigenvalue weighted by atomic mass is 10.2. The number of benzene rings is 1. The molecule has 0 heterocycles. The maximum atomic E-state index is 12.4. The Hall–Kier alpha value is -0.470. The molecule has 1 aromatic carbocycles. The van der Waals surface area contributed by atoms with Crippen LogP contribution >= 0.6 is 15.9 Å². The third-order valence-electron chi connectivity index (χ3n) is 3.31. The van der Waals surface area contributed by atoms with Gasteiger partial charge in [0.05, 0.1) is 4.90 Å². The van der Waals surface area contributed by atoms with E-state index in [-0.39, 0.29) is 10.9 Å². The van der Waals surface area contributed by atoms with Gasteiger partial charge in [-0.3, -0.25) is 0 Å². The summed E-state index contributed by atoms with van der Waals surface area (Å²) >= 11 is 3.32. The molecule has 0 saturated carbocycles. The molecule has 1 rings (SSSR count). The topological polar surface area (TPSA) is 61.4 Å². The average molecular weight is 378 g/mol. The number of rotatable bonds is 8. The van der Waals surface area contributed by atoms with Crippen LogP contribution in [0, 0.1) is 0 Å². The highest BCUT2D eigenvalue weighted by molar-refractivity contribution is 9.10. The normalized spacial score (nSPS) is 13.6. The quantitative estimate of drug-likeness (QED) is 0.724. The lowest BCUT2D eigenvalue weighted by Gasteiger charge is -2.20. The molecule has 1 unspecified atom stereocenters. The largest absolute Gasteiger partial charge is 0.313 e. The number of hydrogen-bond donors (Lipinski definition) is 2. The minimum absolute atomic E-state index is 0.128. The first kappa shape index (κ1) is 18.6. The van der Waals surface area contributed by atoms with Gasteiger partial charge in [-0.25, -0.2) is 13.1 Å². The summed E-state index contributed by atoms with van der Waals surface area (Å²) in [6.07, 6.45) is 0. The summed E-state index contributed by atoms with van der Waals surface area (Å²) in [7, 11) is 0.327. The van der Waals surface area contributed by atoms with Crippen molar-refractivity contribution < 1.29 is 8.42 Å². The van der Waals surface area contributed by atoms with Crippen LogP contribution < -0.4 is 10.0 Å². The molecule has 2 N–H and O–H groups in total. The van der Waals surface area contributed by atoms with E-state index in [2.05, 4.69) is 26.0 Å². The van der Waals surface area contributed by atoms with Gasteiger partial charge in [-0.1, -0.05) is 13.0 Å². The van der Waals surface area contributed by atoms with Crippen molar-refractivity contribution in [3.63, 3.8) is 0 Å². The zero-order valence-corrected chi connectivity index (χ0v) is 15.4. The molecule has 0 aromatic heterocycles. The Kier molecular flexibility index (Phi) is 7.29. The molecule has 0 saturated heterocycles. The van der Waals surface area contributed by atoms with Crippen molar-refractivity contribution in [1.82, 2.24) is 14.9 Å². The second kappa shape index (κ2) is 8.24. The number of halogens is 1. The van der Waals surface area contributed by atoms with Crippen molar-refractivity contribution in [2.45, 2.75) is 31.3 Å². The van der Waals surface area contributed by atoms with Gasteiger partial charge in [-0.05, 0) is 61.2 Å². The fourth-order valence-electron chi connectivity index (χ4n) is 1.62. The molecule has 0 amide bonds. The molecule has 0 radical (unpaired) electrons. The van der Waals surface area contributed by atoms with Gasteiger partial charge < -0.3 is 10.2 Å². The Morgan fingerprint density at radius 2 is 2.00 bits per heavy atom. The van der Waals surface area contributed by atoms with Crippen LogP contribution in [0.25, 0.3) is 0 Å². The zero-order valence-electron chi connectivity index (χ0n) is 13.0. The summed E-state index contributed by atoms with van der Waals surface area (Å²) in [5, 5.41) is 3.19.